The molecule has 0 aliphatic heterocycles. The molecule has 2 N–H and O–H groups in total. The van der Waals surface area contributed by atoms with E-state index in [1.54, 1.807) is 0 Å². The first-order valence-corrected chi connectivity index (χ1v) is 8.03. The van der Waals surface area contributed by atoms with Crippen molar-refractivity contribution in [3.8, 4) is 0 Å². The van der Waals surface area contributed by atoms with Gasteiger partial charge in [-0.1, -0.05) is 0 Å². The van der Waals surface area contributed by atoms with Gasteiger partial charge in [0.15, 0.2) is 0 Å². The van der Waals surface area contributed by atoms with Gasteiger partial charge in [-0.15, -0.1) is 0 Å². The number of pyridine rings is 1. The van der Waals surface area contributed by atoms with Crippen molar-refractivity contribution in [2.75, 3.05) is 17.7 Å². The van der Waals surface area contributed by atoms with Crippen molar-refractivity contribution in [3.63, 3.8) is 0 Å². The lowest BCUT2D eigenvalue weighted by Gasteiger charge is -2.60. The molecule has 4 aliphatic rings. The van der Waals surface area contributed by atoms with E-state index >= 15 is 0 Å². The van der Waals surface area contributed by atoms with Crippen molar-refractivity contribution in [1.29, 1.82) is 0 Å². The topological polar surface area (TPSA) is 42.2 Å². The summed E-state index contributed by atoms with van der Waals surface area (Å²) in [5, 5.41) is 0. The van der Waals surface area contributed by atoms with Crippen molar-refractivity contribution in [3.05, 3.63) is 17.8 Å². The first kappa shape index (κ1) is 12.5. The van der Waals surface area contributed by atoms with E-state index in [9.17, 15) is 0 Å². The lowest BCUT2D eigenvalue weighted by atomic mass is 9.52. The maximum atomic E-state index is 5.91. The van der Waals surface area contributed by atoms with E-state index in [0.29, 0.717) is 5.54 Å². The van der Waals surface area contributed by atoms with Crippen molar-refractivity contribution < 1.29 is 0 Å². The summed E-state index contributed by atoms with van der Waals surface area (Å²) in [5.74, 6) is 4.02. The SMILES string of the molecule is Cc1nc(N(C)C23CC4CC(CC(C4)C2)C3)ccc1N. The molecule has 3 heteroatoms. The Hall–Kier alpha value is -1.25. The molecular formula is C17H25N3. The largest absolute Gasteiger partial charge is 0.397 e. The zero-order valence-corrected chi connectivity index (χ0v) is 12.6. The molecule has 5 rings (SSSR count). The van der Waals surface area contributed by atoms with Crippen LogP contribution in [0.5, 0.6) is 0 Å². The van der Waals surface area contributed by atoms with Crippen LogP contribution in [0.2, 0.25) is 0 Å². The smallest absolute Gasteiger partial charge is 0.129 e. The minimum Gasteiger partial charge on any atom is -0.397 e. The molecule has 20 heavy (non-hydrogen) atoms. The van der Waals surface area contributed by atoms with Gasteiger partial charge in [0.25, 0.3) is 0 Å². The van der Waals surface area contributed by atoms with E-state index in [1.807, 2.05) is 13.0 Å². The maximum Gasteiger partial charge on any atom is 0.129 e. The van der Waals surface area contributed by atoms with Gasteiger partial charge < -0.3 is 10.6 Å². The molecule has 3 nitrogen and oxygen atoms in total. The van der Waals surface area contributed by atoms with Gasteiger partial charge in [-0.25, -0.2) is 4.98 Å². The Labute approximate surface area is 121 Å². The molecule has 0 amide bonds. The van der Waals surface area contributed by atoms with Gasteiger partial charge in [0.05, 0.1) is 11.4 Å². The maximum absolute atomic E-state index is 5.91. The predicted octanol–water partition coefficient (Wildman–Crippen LogP) is 3.38. The van der Waals surface area contributed by atoms with Crippen LogP contribution in [0.4, 0.5) is 11.5 Å². The highest BCUT2D eigenvalue weighted by atomic mass is 15.2. The minimum atomic E-state index is 0.379. The molecule has 0 radical (unpaired) electrons. The van der Waals surface area contributed by atoms with E-state index in [0.717, 1.165) is 35.0 Å². The van der Waals surface area contributed by atoms with Gasteiger partial charge in [0.2, 0.25) is 0 Å². The number of aryl methyl sites for hydroxylation is 1. The third-order valence-electron chi connectivity index (χ3n) is 6.17. The van der Waals surface area contributed by atoms with E-state index in [-0.39, 0.29) is 0 Å². The van der Waals surface area contributed by atoms with Gasteiger partial charge in [0.1, 0.15) is 5.82 Å². The second-order valence-corrected chi connectivity index (χ2v) is 7.55. The number of anilines is 2. The molecule has 4 saturated carbocycles. The van der Waals surface area contributed by atoms with Gasteiger partial charge >= 0.3 is 0 Å². The Bertz CT molecular complexity index is 502. The number of rotatable bonds is 2. The quantitative estimate of drug-likeness (QED) is 0.896. The molecule has 4 bridgehead atoms. The molecule has 0 saturated heterocycles. The summed E-state index contributed by atoms with van der Waals surface area (Å²) in [6, 6.07) is 4.11. The summed E-state index contributed by atoms with van der Waals surface area (Å²) in [7, 11) is 2.26. The Balaban J connectivity index is 1.67. The zero-order chi connectivity index (χ0) is 13.9. The molecule has 4 fully saturated rings. The molecule has 1 heterocycles. The summed E-state index contributed by atoms with van der Waals surface area (Å²) in [6.45, 7) is 2.01. The van der Waals surface area contributed by atoms with Crippen LogP contribution in [0.25, 0.3) is 0 Å². The van der Waals surface area contributed by atoms with Crippen LogP contribution >= 0.6 is 0 Å². The molecule has 1 aromatic heterocycles. The Morgan fingerprint density at radius 3 is 2.15 bits per heavy atom. The molecule has 1 aromatic rings. The first-order chi connectivity index (χ1) is 9.56. The highest BCUT2D eigenvalue weighted by Gasteiger charge is 2.53. The number of nitrogens with zero attached hydrogens (tertiary/aromatic N) is 2. The van der Waals surface area contributed by atoms with Crippen molar-refractivity contribution in [1.82, 2.24) is 4.98 Å². The van der Waals surface area contributed by atoms with Crippen molar-refractivity contribution in [2.24, 2.45) is 17.8 Å². The fraction of sp³-hybridized carbons (Fsp3) is 0.706. The zero-order valence-electron chi connectivity index (χ0n) is 12.6. The van der Waals surface area contributed by atoms with Crippen molar-refractivity contribution in [2.45, 2.75) is 51.0 Å². The monoisotopic (exact) mass is 271 g/mol. The van der Waals surface area contributed by atoms with Gasteiger partial charge in [0, 0.05) is 12.6 Å². The van der Waals surface area contributed by atoms with Gasteiger partial charge in [-0.05, 0) is 75.3 Å². The Morgan fingerprint density at radius 1 is 1.10 bits per heavy atom. The third kappa shape index (κ3) is 1.75. The Morgan fingerprint density at radius 2 is 1.65 bits per heavy atom. The van der Waals surface area contributed by atoms with Crippen LogP contribution in [0.15, 0.2) is 12.1 Å². The van der Waals surface area contributed by atoms with Crippen LogP contribution in [0.3, 0.4) is 0 Å². The fourth-order valence-electron chi connectivity index (χ4n) is 5.46. The normalized spacial score (nSPS) is 38.2. The number of hydrogen-bond donors (Lipinski definition) is 1. The first-order valence-electron chi connectivity index (χ1n) is 8.03. The van der Waals surface area contributed by atoms with E-state index in [4.69, 9.17) is 10.7 Å². The van der Waals surface area contributed by atoms with Gasteiger partial charge in [-0.3, -0.25) is 0 Å². The van der Waals surface area contributed by atoms with Gasteiger partial charge in [-0.2, -0.15) is 0 Å². The van der Waals surface area contributed by atoms with Crippen LogP contribution < -0.4 is 10.6 Å². The summed E-state index contributed by atoms with van der Waals surface area (Å²) in [5.41, 5.74) is 8.05. The minimum absolute atomic E-state index is 0.379. The lowest BCUT2D eigenvalue weighted by molar-refractivity contribution is -0.00229. The number of nitrogen functional groups attached to an aromatic ring is 1. The average molecular weight is 271 g/mol. The molecule has 0 unspecified atom stereocenters. The van der Waals surface area contributed by atoms with E-state index in [1.165, 1.54) is 38.5 Å². The molecular weight excluding hydrogens is 246 g/mol. The number of hydrogen-bond acceptors (Lipinski definition) is 3. The molecule has 0 atom stereocenters. The molecule has 0 aromatic carbocycles. The molecule has 108 valence electrons. The summed E-state index contributed by atoms with van der Waals surface area (Å²) in [6.07, 6.45) is 8.59. The summed E-state index contributed by atoms with van der Waals surface area (Å²) < 4.78 is 0. The highest BCUT2D eigenvalue weighted by Crippen LogP contribution is 2.57. The highest BCUT2D eigenvalue weighted by molar-refractivity contribution is 5.51. The third-order valence-corrected chi connectivity index (χ3v) is 6.17. The second-order valence-electron chi connectivity index (χ2n) is 7.55. The second kappa shape index (κ2) is 4.12. The predicted molar refractivity (Wildman–Crippen MR) is 82.7 cm³/mol. The Kier molecular flexibility index (Phi) is 2.57. The molecule has 0 spiro atoms. The van der Waals surface area contributed by atoms with Crippen LogP contribution in [0.1, 0.15) is 44.2 Å². The van der Waals surface area contributed by atoms with Crippen LogP contribution in [0, 0.1) is 24.7 Å². The molecule has 4 aliphatic carbocycles. The summed E-state index contributed by atoms with van der Waals surface area (Å²) in [4.78, 5) is 7.22. The lowest BCUT2D eigenvalue weighted by Crippen LogP contribution is -2.59. The standard InChI is InChI=1S/C17H25N3/c1-11-15(18)3-4-16(19-11)20(2)17-8-12-5-13(9-17)7-14(6-12)10-17/h3-4,12-14H,5-10,18H2,1-2H3. The van der Waals surface area contributed by atoms with Crippen LogP contribution in [-0.2, 0) is 0 Å². The number of aromatic nitrogens is 1. The average Bonchev–Trinajstić information content (AvgIpc) is 2.39. The van der Waals surface area contributed by atoms with E-state index in [2.05, 4.69) is 18.0 Å². The van der Waals surface area contributed by atoms with E-state index < -0.39 is 0 Å². The number of nitrogens with two attached hydrogens (primary N) is 1. The summed E-state index contributed by atoms with van der Waals surface area (Å²) >= 11 is 0. The van der Waals surface area contributed by atoms with Crippen molar-refractivity contribution >= 4 is 11.5 Å². The fourth-order valence-corrected chi connectivity index (χ4v) is 5.46. The van der Waals surface area contributed by atoms with Crippen LogP contribution in [-0.4, -0.2) is 17.6 Å².